The van der Waals surface area contributed by atoms with E-state index < -0.39 is 6.10 Å². The second kappa shape index (κ2) is 5.96. The van der Waals surface area contributed by atoms with Crippen LogP contribution in [0.5, 0.6) is 0 Å². The number of carbonyl (C=O) groups is 1. The van der Waals surface area contributed by atoms with Crippen molar-refractivity contribution in [1.29, 1.82) is 0 Å². The minimum absolute atomic E-state index is 0.0749. The van der Waals surface area contributed by atoms with Crippen LogP contribution in [0, 0.1) is 5.92 Å². The maximum atomic E-state index is 12.0. The van der Waals surface area contributed by atoms with Gasteiger partial charge >= 0.3 is 0 Å². The Morgan fingerprint density at radius 2 is 1.90 bits per heavy atom. The number of anilines is 1. The summed E-state index contributed by atoms with van der Waals surface area (Å²) in [4.78, 5) is 12.0. The Morgan fingerprint density at radius 1 is 1.30 bits per heavy atom. The third-order valence-corrected chi connectivity index (χ3v) is 3.67. The Labute approximate surface area is 121 Å². The third-order valence-electron chi connectivity index (χ3n) is 3.67. The second-order valence-corrected chi connectivity index (χ2v) is 6.74. The van der Waals surface area contributed by atoms with Crippen molar-refractivity contribution in [3.8, 4) is 0 Å². The maximum absolute atomic E-state index is 12.0. The Kier molecular flexibility index (Phi) is 4.48. The van der Waals surface area contributed by atoms with Gasteiger partial charge in [0.15, 0.2) is 0 Å². The van der Waals surface area contributed by atoms with E-state index in [1.807, 2.05) is 12.1 Å². The molecule has 1 aliphatic carbocycles. The highest BCUT2D eigenvalue weighted by Crippen LogP contribution is 2.29. The van der Waals surface area contributed by atoms with E-state index in [1.54, 1.807) is 6.92 Å². The standard InChI is InChI=1S/C17H25NO2/c1-12(20-11-13-5-6-13)16(19)18-15-9-7-14(8-10-15)17(2,3)4/h7-10,12-13H,5-6,11H2,1-4H3,(H,18,19). The highest BCUT2D eigenvalue weighted by Gasteiger charge is 2.24. The topological polar surface area (TPSA) is 38.3 Å². The van der Waals surface area contributed by atoms with Gasteiger partial charge in [-0.05, 0) is 48.8 Å². The zero-order valence-corrected chi connectivity index (χ0v) is 12.9. The SMILES string of the molecule is CC(OCC1CC1)C(=O)Nc1ccc(C(C)(C)C)cc1. The number of hydrogen-bond donors (Lipinski definition) is 1. The first-order valence-corrected chi connectivity index (χ1v) is 7.39. The molecule has 1 fully saturated rings. The van der Waals surface area contributed by atoms with Crippen molar-refractivity contribution in [2.24, 2.45) is 5.92 Å². The monoisotopic (exact) mass is 275 g/mol. The van der Waals surface area contributed by atoms with Crippen LogP contribution in [0.2, 0.25) is 0 Å². The first kappa shape index (κ1) is 15.0. The lowest BCUT2D eigenvalue weighted by Crippen LogP contribution is -2.28. The van der Waals surface area contributed by atoms with Gasteiger partial charge in [0.2, 0.25) is 0 Å². The molecule has 0 heterocycles. The van der Waals surface area contributed by atoms with Crippen molar-refractivity contribution in [2.45, 2.75) is 52.1 Å². The average Bonchev–Trinajstić information content (AvgIpc) is 3.19. The fraction of sp³-hybridized carbons (Fsp3) is 0.588. The fourth-order valence-corrected chi connectivity index (χ4v) is 1.94. The Bertz CT molecular complexity index is 455. The second-order valence-electron chi connectivity index (χ2n) is 6.74. The number of benzene rings is 1. The number of hydrogen-bond acceptors (Lipinski definition) is 2. The summed E-state index contributed by atoms with van der Waals surface area (Å²) in [6.45, 7) is 9.04. The van der Waals surface area contributed by atoms with Crippen molar-refractivity contribution in [1.82, 2.24) is 0 Å². The van der Waals surface area contributed by atoms with Gasteiger partial charge in [-0.1, -0.05) is 32.9 Å². The average molecular weight is 275 g/mol. The number of carbonyl (C=O) groups excluding carboxylic acids is 1. The zero-order valence-electron chi connectivity index (χ0n) is 12.9. The lowest BCUT2D eigenvalue weighted by molar-refractivity contribution is -0.126. The molecule has 0 bridgehead atoms. The molecule has 3 heteroatoms. The number of rotatable bonds is 5. The Balaban J connectivity index is 1.86. The summed E-state index contributed by atoms with van der Waals surface area (Å²) in [7, 11) is 0. The molecular formula is C17H25NO2. The summed E-state index contributed by atoms with van der Waals surface area (Å²) in [5.41, 5.74) is 2.21. The van der Waals surface area contributed by atoms with E-state index in [0.29, 0.717) is 12.5 Å². The summed E-state index contributed by atoms with van der Waals surface area (Å²) in [5.74, 6) is 0.602. The van der Waals surface area contributed by atoms with Crippen LogP contribution in [-0.4, -0.2) is 18.6 Å². The first-order valence-electron chi connectivity index (χ1n) is 7.39. The van der Waals surface area contributed by atoms with Gasteiger partial charge in [0, 0.05) is 5.69 Å². The summed E-state index contributed by atoms with van der Waals surface area (Å²) >= 11 is 0. The van der Waals surface area contributed by atoms with E-state index in [-0.39, 0.29) is 11.3 Å². The van der Waals surface area contributed by atoms with Crippen molar-refractivity contribution >= 4 is 11.6 Å². The van der Waals surface area contributed by atoms with E-state index in [9.17, 15) is 4.79 Å². The van der Waals surface area contributed by atoms with E-state index in [4.69, 9.17) is 4.74 Å². The maximum Gasteiger partial charge on any atom is 0.253 e. The zero-order chi connectivity index (χ0) is 14.8. The Hall–Kier alpha value is -1.35. The molecule has 0 saturated heterocycles. The minimum Gasteiger partial charge on any atom is -0.368 e. The van der Waals surface area contributed by atoms with Crippen molar-refractivity contribution in [2.75, 3.05) is 11.9 Å². The Morgan fingerprint density at radius 3 is 2.40 bits per heavy atom. The molecule has 1 amide bonds. The smallest absolute Gasteiger partial charge is 0.253 e. The summed E-state index contributed by atoms with van der Waals surface area (Å²) in [5, 5.41) is 2.90. The van der Waals surface area contributed by atoms with Crippen LogP contribution < -0.4 is 5.32 Å². The molecule has 1 unspecified atom stereocenters. The minimum atomic E-state index is -0.391. The van der Waals surface area contributed by atoms with E-state index in [0.717, 1.165) is 5.69 Å². The molecule has 110 valence electrons. The van der Waals surface area contributed by atoms with Gasteiger partial charge in [-0.2, -0.15) is 0 Å². The molecule has 0 aromatic heterocycles. The van der Waals surface area contributed by atoms with Crippen LogP contribution in [0.15, 0.2) is 24.3 Å². The molecule has 1 aromatic carbocycles. The molecule has 0 aliphatic heterocycles. The highest BCUT2D eigenvalue weighted by molar-refractivity contribution is 5.93. The van der Waals surface area contributed by atoms with Crippen LogP contribution in [0.25, 0.3) is 0 Å². The van der Waals surface area contributed by atoms with E-state index in [1.165, 1.54) is 18.4 Å². The lowest BCUT2D eigenvalue weighted by atomic mass is 9.87. The van der Waals surface area contributed by atoms with Gasteiger partial charge in [0.05, 0.1) is 6.61 Å². The summed E-state index contributed by atoms with van der Waals surface area (Å²) in [6.07, 6.45) is 2.09. The number of ether oxygens (including phenoxy) is 1. The molecule has 1 aliphatic rings. The molecule has 20 heavy (non-hydrogen) atoms. The summed E-state index contributed by atoms with van der Waals surface area (Å²) in [6, 6.07) is 8.02. The van der Waals surface area contributed by atoms with Gasteiger partial charge in [0.1, 0.15) is 6.10 Å². The van der Waals surface area contributed by atoms with Gasteiger partial charge in [0.25, 0.3) is 5.91 Å². The van der Waals surface area contributed by atoms with Crippen LogP contribution >= 0.6 is 0 Å². The molecule has 1 aromatic rings. The lowest BCUT2D eigenvalue weighted by Gasteiger charge is -2.19. The van der Waals surface area contributed by atoms with Gasteiger partial charge in [-0.15, -0.1) is 0 Å². The number of nitrogens with one attached hydrogen (secondary N) is 1. The van der Waals surface area contributed by atoms with Gasteiger partial charge in [-0.3, -0.25) is 4.79 Å². The summed E-state index contributed by atoms with van der Waals surface area (Å²) < 4.78 is 5.57. The van der Waals surface area contributed by atoms with E-state index in [2.05, 4.69) is 38.2 Å². The van der Waals surface area contributed by atoms with Gasteiger partial charge in [-0.25, -0.2) is 0 Å². The van der Waals surface area contributed by atoms with Crippen LogP contribution in [0.3, 0.4) is 0 Å². The van der Waals surface area contributed by atoms with Crippen LogP contribution in [0.1, 0.15) is 46.1 Å². The molecular weight excluding hydrogens is 250 g/mol. The normalized spacial score (nSPS) is 16.8. The highest BCUT2D eigenvalue weighted by atomic mass is 16.5. The largest absolute Gasteiger partial charge is 0.368 e. The quantitative estimate of drug-likeness (QED) is 0.889. The fourth-order valence-electron chi connectivity index (χ4n) is 1.94. The third kappa shape index (κ3) is 4.34. The molecule has 1 atom stereocenters. The molecule has 1 saturated carbocycles. The predicted molar refractivity (Wildman–Crippen MR) is 81.9 cm³/mol. The van der Waals surface area contributed by atoms with Crippen molar-refractivity contribution in [3.05, 3.63) is 29.8 Å². The molecule has 1 N–H and O–H groups in total. The van der Waals surface area contributed by atoms with E-state index >= 15 is 0 Å². The molecule has 0 spiro atoms. The van der Waals surface area contributed by atoms with Gasteiger partial charge < -0.3 is 10.1 Å². The first-order chi connectivity index (χ1) is 9.36. The van der Waals surface area contributed by atoms with Crippen LogP contribution in [0.4, 0.5) is 5.69 Å². The van der Waals surface area contributed by atoms with Crippen LogP contribution in [-0.2, 0) is 14.9 Å². The predicted octanol–water partition coefficient (Wildman–Crippen LogP) is 3.74. The molecule has 2 rings (SSSR count). The molecule has 0 radical (unpaired) electrons. The molecule has 3 nitrogen and oxygen atoms in total. The van der Waals surface area contributed by atoms with Crippen molar-refractivity contribution < 1.29 is 9.53 Å². The number of amides is 1. The van der Waals surface area contributed by atoms with Crippen molar-refractivity contribution in [3.63, 3.8) is 0 Å².